The van der Waals surface area contributed by atoms with Gasteiger partial charge in [-0.1, -0.05) is 48.0 Å². The molecule has 6 rings (SSSR count). The molecule has 0 aliphatic heterocycles. The van der Waals surface area contributed by atoms with Crippen LogP contribution in [0.1, 0.15) is 5.69 Å². The summed E-state index contributed by atoms with van der Waals surface area (Å²) >= 11 is 6.61. The summed E-state index contributed by atoms with van der Waals surface area (Å²) in [5.74, 6) is 0.798. The van der Waals surface area contributed by atoms with Crippen LogP contribution in [-0.2, 0) is 16.7 Å². The van der Waals surface area contributed by atoms with E-state index in [1.54, 1.807) is 37.6 Å². The molecule has 3 heterocycles. The lowest BCUT2D eigenvalue weighted by Crippen LogP contribution is -2.12. The molecular weight excluding hydrogens is 544 g/mol. The highest BCUT2D eigenvalue weighted by Gasteiger charge is 2.16. The largest absolute Gasteiger partial charge is 0.497 e. The molecule has 1 unspecified atom stereocenters. The van der Waals surface area contributed by atoms with E-state index in [4.69, 9.17) is 21.3 Å². The molecule has 3 aromatic heterocycles. The van der Waals surface area contributed by atoms with E-state index in [0.717, 1.165) is 22.1 Å². The van der Waals surface area contributed by atoms with Crippen molar-refractivity contribution in [2.24, 2.45) is 0 Å². The highest BCUT2D eigenvalue weighted by Crippen LogP contribution is 2.36. The van der Waals surface area contributed by atoms with Crippen LogP contribution in [0.25, 0.3) is 44.3 Å². The number of methoxy groups -OCH3 is 1. The average molecular weight is 567 g/mol. The van der Waals surface area contributed by atoms with Gasteiger partial charge in [0.2, 0.25) is 0 Å². The Morgan fingerprint density at radius 2 is 1.75 bits per heavy atom. The number of aromatic amines is 1. The molecule has 0 saturated heterocycles. The van der Waals surface area contributed by atoms with Crippen molar-refractivity contribution in [2.45, 2.75) is 5.75 Å². The van der Waals surface area contributed by atoms with Crippen molar-refractivity contribution in [2.75, 3.05) is 11.8 Å². The van der Waals surface area contributed by atoms with Crippen LogP contribution in [0.4, 0.5) is 5.69 Å². The number of aromatic nitrogens is 3. The first kappa shape index (κ1) is 25.7. The molecule has 0 bridgehead atoms. The predicted molar refractivity (Wildman–Crippen MR) is 162 cm³/mol. The second-order valence-corrected chi connectivity index (χ2v) is 10.8. The van der Waals surface area contributed by atoms with Crippen LogP contribution >= 0.6 is 11.6 Å². The second-order valence-electron chi connectivity index (χ2n) is 9.16. The lowest BCUT2D eigenvalue weighted by Gasteiger charge is -2.13. The van der Waals surface area contributed by atoms with E-state index in [0.29, 0.717) is 44.4 Å². The lowest BCUT2D eigenvalue weighted by molar-refractivity contribution is 0.415. The average Bonchev–Trinajstić information content (AvgIpc) is 2.97. The molecule has 3 aromatic carbocycles. The predicted octanol–water partition coefficient (Wildman–Crippen LogP) is 6.74. The third-order valence-electron chi connectivity index (χ3n) is 6.50. The van der Waals surface area contributed by atoms with Gasteiger partial charge in [-0.05, 0) is 54.1 Å². The van der Waals surface area contributed by atoms with Gasteiger partial charge in [0.15, 0.2) is 5.43 Å². The fourth-order valence-electron chi connectivity index (χ4n) is 4.61. The maximum atomic E-state index is 13.3. The first-order chi connectivity index (χ1) is 19.5. The van der Waals surface area contributed by atoms with Gasteiger partial charge >= 0.3 is 0 Å². The standard InChI is InChI=1S/C31H23ClN4O3S/c1-39-24-11-9-22(10-12-24)36-40(38)18-23-16-28(37)26-17-25(21-14-20-8-5-13-33-30(20)27(32)15-21)29(35-31(26)34-23)19-6-3-2-4-7-19/h2-17,36H,18H2,1H3,(H,34,35,37). The quantitative estimate of drug-likeness (QED) is 0.223. The molecule has 2 N–H and O–H groups in total. The summed E-state index contributed by atoms with van der Waals surface area (Å²) in [6.45, 7) is 0. The van der Waals surface area contributed by atoms with Gasteiger partial charge in [0.05, 0.1) is 34.5 Å². The molecule has 0 fully saturated rings. The fraction of sp³-hybridized carbons (Fsp3) is 0.0645. The second kappa shape index (κ2) is 10.9. The molecule has 0 radical (unpaired) electrons. The number of nitrogens with zero attached hydrogens (tertiary/aromatic N) is 2. The number of hydrogen-bond acceptors (Lipinski definition) is 5. The van der Waals surface area contributed by atoms with Crippen molar-refractivity contribution in [1.29, 1.82) is 0 Å². The molecule has 6 aromatic rings. The van der Waals surface area contributed by atoms with Crippen LogP contribution in [-0.4, -0.2) is 26.3 Å². The summed E-state index contributed by atoms with van der Waals surface area (Å²) in [5.41, 5.74) is 5.28. The van der Waals surface area contributed by atoms with E-state index in [2.05, 4.69) is 14.7 Å². The molecular formula is C31H23ClN4O3S. The van der Waals surface area contributed by atoms with Crippen molar-refractivity contribution in [3.8, 4) is 28.1 Å². The Morgan fingerprint density at radius 1 is 0.950 bits per heavy atom. The number of anilines is 1. The minimum atomic E-state index is -1.48. The van der Waals surface area contributed by atoms with Crippen molar-refractivity contribution in [3.05, 3.63) is 118 Å². The summed E-state index contributed by atoms with van der Waals surface area (Å²) in [6, 6.07) is 27.9. The van der Waals surface area contributed by atoms with E-state index in [1.807, 2.05) is 60.7 Å². The molecule has 0 amide bonds. The van der Waals surface area contributed by atoms with Gasteiger partial charge in [0, 0.05) is 40.2 Å². The SMILES string of the molecule is COc1ccc(NS(=O)Cc2cc(=O)c3cc(-c4cc(Cl)c5ncccc5c4)c(-c4ccccc4)nc3[nH]2)cc1. The number of fused-ring (bicyclic) bond motifs is 2. The first-order valence-electron chi connectivity index (χ1n) is 12.4. The van der Waals surface area contributed by atoms with Crippen molar-refractivity contribution >= 4 is 50.2 Å². The number of pyridine rings is 3. The first-order valence-corrected chi connectivity index (χ1v) is 14.1. The van der Waals surface area contributed by atoms with Crippen LogP contribution in [0, 0.1) is 0 Å². The van der Waals surface area contributed by atoms with Crippen molar-refractivity contribution in [3.63, 3.8) is 0 Å². The normalized spacial score (nSPS) is 11.9. The van der Waals surface area contributed by atoms with Gasteiger partial charge in [-0.15, -0.1) is 0 Å². The molecule has 1 atom stereocenters. The minimum absolute atomic E-state index is 0.0919. The Labute approximate surface area is 237 Å². The summed E-state index contributed by atoms with van der Waals surface area (Å²) in [7, 11) is 0.106. The zero-order valence-electron chi connectivity index (χ0n) is 21.4. The number of nitrogens with one attached hydrogen (secondary N) is 2. The number of rotatable bonds is 7. The van der Waals surface area contributed by atoms with Crippen molar-refractivity contribution < 1.29 is 8.95 Å². The van der Waals surface area contributed by atoms with Gasteiger partial charge in [0.25, 0.3) is 0 Å². The number of H-pyrrole nitrogens is 1. The fourth-order valence-corrected chi connectivity index (χ4v) is 5.79. The molecule has 0 spiro atoms. The molecule has 0 aliphatic rings. The lowest BCUT2D eigenvalue weighted by atomic mass is 9.96. The molecule has 7 nitrogen and oxygen atoms in total. The topological polar surface area (TPSA) is 97.0 Å². The number of hydrogen-bond donors (Lipinski definition) is 2. The van der Waals surface area contributed by atoms with E-state index in [1.165, 1.54) is 6.07 Å². The number of benzene rings is 3. The Hall–Kier alpha value is -4.53. The van der Waals surface area contributed by atoms with Gasteiger partial charge in [-0.3, -0.25) is 9.78 Å². The highest BCUT2D eigenvalue weighted by molar-refractivity contribution is 7.85. The van der Waals surface area contributed by atoms with Gasteiger partial charge in [-0.2, -0.15) is 0 Å². The van der Waals surface area contributed by atoms with Crippen LogP contribution in [0.2, 0.25) is 5.02 Å². The molecule has 40 heavy (non-hydrogen) atoms. The third kappa shape index (κ3) is 5.19. The zero-order chi connectivity index (χ0) is 27.6. The molecule has 198 valence electrons. The Bertz CT molecular complexity index is 1940. The smallest absolute Gasteiger partial charge is 0.191 e. The van der Waals surface area contributed by atoms with E-state index in [9.17, 15) is 9.00 Å². The zero-order valence-corrected chi connectivity index (χ0v) is 22.9. The summed E-state index contributed by atoms with van der Waals surface area (Å²) in [5, 5.41) is 1.83. The van der Waals surface area contributed by atoms with Crippen molar-refractivity contribution in [1.82, 2.24) is 15.0 Å². The van der Waals surface area contributed by atoms with Gasteiger partial charge < -0.3 is 14.4 Å². The van der Waals surface area contributed by atoms with Gasteiger partial charge in [0.1, 0.15) is 22.4 Å². The van der Waals surface area contributed by atoms with Crippen LogP contribution in [0.3, 0.4) is 0 Å². The Balaban J connectivity index is 1.42. The third-order valence-corrected chi connectivity index (χ3v) is 7.82. The summed E-state index contributed by atoms with van der Waals surface area (Å²) in [6.07, 6.45) is 1.71. The van der Waals surface area contributed by atoms with Gasteiger partial charge in [-0.25, -0.2) is 9.19 Å². The van der Waals surface area contributed by atoms with E-state index < -0.39 is 11.0 Å². The van der Waals surface area contributed by atoms with Crippen LogP contribution < -0.4 is 14.9 Å². The van der Waals surface area contributed by atoms with Crippen LogP contribution in [0.5, 0.6) is 5.75 Å². The number of ether oxygens (including phenoxy) is 1. The number of halogens is 1. The Kier molecular flexibility index (Phi) is 7.02. The maximum Gasteiger partial charge on any atom is 0.191 e. The van der Waals surface area contributed by atoms with E-state index in [-0.39, 0.29) is 11.2 Å². The van der Waals surface area contributed by atoms with Crippen LogP contribution in [0.15, 0.2) is 102 Å². The Morgan fingerprint density at radius 3 is 2.52 bits per heavy atom. The highest BCUT2D eigenvalue weighted by atomic mass is 35.5. The maximum absolute atomic E-state index is 13.3. The molecule has 0 aliphatic carbocycles. The summed E-state index contributed by atoms with van der Waals surface area (Å²) < 4.78 is 21.0. The monoisotopic (exact) mass is 566 g/mol. The molecule has 0 saturated carbocycles. The summed E-state index contributed by atoms with van der Waals surface area (Å²) in [4.78, 5) is 25.8. The molecule has 9 heteroatoms. The minimum Gasteiger partial charge on any atom is -0.497 e. The van der Waals surface area contributed by atoms with E-state index >= 15 is 0 Å².